The Morgan fingerprint density at radius 3 is 2.32 bits per heavy atom. The van der Waals surface area contributed by atoms with Gasteiger partial charge in [-0.3, -0.25) is 14.4 Å². The topological polar surface area (TPSA) is 105 Å². The maximum atomic E-state index is 12.7. The van der Waals surface area contributed by atoms with E-state index < -0.39 is 17.6 Å². The van der Waals surface area contributed by atoms with Crippen molar-refractivity contribution in [2.24, 2.45) is 11.8 Å². The van der Waals surface area contributed by atoms with Crippen molar-refractivity contribution in [1.29, 1.82) is 0 Å². The van der Waals surface area contributed by atoms with E-state index in [1.54, 1.807) is 16.7 Å². The number of likely N-dealkylation sites (tertiary alicyclic amines) is 2. The molecule has 9 heteroatoms. The lowest BCUT2D eigenvalue weighted by Gasteiger charge is -2.33. The van der Waals surface area contributed by atoms with E-state index in [1.807, 2.05) is 20.8 Å². The highest BCUT2D eigenvalue weighted by atomic mass is 16.6. The smallest absolute Gasteiger partial charge is 0.410 e. The molecule has 2 heterocycles. The molecule has 0 aliphatic carbocycles. The van der Waals surface area contributed by atoms with Crippen molar-refractivity contribution in [2.45, 2.75) is 77.9 Å². The summed E-state index contributed by atoms with van der Waals surface area (Å²) in [5.74, 6) is 1.82. The zero-order valence-electron chi connectivity index (χ0n) is 20.9. The molecule has 9 nitrogen and oxygen atoms in total. The first kappa shape index (κ1) is 27.5. The molecule has 2 fully saturated rings. The van der Waals surface area contributed by atoms with E-state index in [1.165, 1.54) is 0 Å². The Balaban J connectivity index is 1.70. The Labute approximate surface area is 202 Å². The molecule has 3 amide bonds. The average Bonchev–Trinajstić information content (AvgIpc) is 3.27. The molecule has 190 valence electrons. The largest absolute Gasteiger partial charge is 0.466 e. The third-order valence-electron chi connectivity index (χ3n) is 6.14. The van der Waals surface area contributed by atoms with E-state index in [0.29, 0.717) is 44.9 Å². The number of hydrogen-bond donors (Lipinski definition) is 1. The Morgan fingerprint density at radius 2 is 1.74 bits per heavy atom. The van der Waals surface area contributed by atoms with Gasteiger partial charge in [-0.2, -0.15) is 0 Å². The van der Waals surface area contributed by atoms with Crippen LogP contribution in [0.3, 0.4) is 0 Å². The molecule has 2 atom stereocenters. The summed E-state index contributed by atoms with van der Waals surface area (Å²) >= 11 is 0. The summed E-state index contributed by atoms with van der Waals surface area (Å²) in [5, 5.41) is 2.71. The Bertz CT molecular complexity index is 777. The van der Waals surface area contributed by atoms with Crippen molar-refractivity contribution in [3.8, 4) is 12.3 Å². The third kappa shape index (κ3) is 8.88. The summed E-state index contributed by atoms with van der Waals surface area (Å²) in [5.41, 5.74) is -0.506. The average molecular weight is 478 g/mol. The fraction of sp³-hybridized carbons (Fsp3) is 0.760. The number of rotatable bonds is 8. The van der Waals surface area contributed by atoms with Gasteiger partial charge in [0.1, 0.15) is 11.6 Å². The van der Waals surface area contributed by atoms with E-state index in [0.717, 1.165) is 19.3 Å². The minimum atomic E-state index is -0.720. The van der Waals surface area contributed by atoms with E-state index in [9.17, 15) is 19.2 Å². The fourth-order valence-corrected chi connectivity index (χ4v) is 4.24. The molecule has 0 saturated carbocycles. The van der Waals surface area contributed by atoms with Crippen LogP contribution < -0.4 is 5.32 Å². The van der Waals surface area contributed by atoms with Crippen LogP contribution in [0, 0.1) is 24.2 Å². The highest BCUT2D eigenvalue weighted by molar-refractivity contribution is 5.83. The number of terminal acetylenes is 1. The summed E-state index contributed by atoms with van der Waals surface area (Å²) in [6.07, 6.45) is 8.57. The standard InChI is InChI=1S/C25H39N3O6/c1-6-20(16-22(30)33-7-2)26-23(31)19-12-15-28(17-19)21(29)9-8-18-10-13-27(14-11-18)24(32)34-25(3,4)5/h1,18-20H,7-17H2,2-5H3,(H,26,31). The van der Waals surface area contributed by atoms with Crippen LogP contribution in [0.1, 0.15) is 66.2 Å². The van der Waals surface area contributed by atoms with Gasteiger partial charge in [0, 0.05) is 32.6 Å². The molecule has 2 unspecified atom stereocenters. The molecule has 2 saturated heterocycles. The van der Waals surface area contributed by atoms with E-state index >= 15 is 0 Å². The molecule has 0 bridgehead atoms. The van der Waals surface area contributed by atoms with Gasteiger partial charge in [-0.15, -0.1) is 6.42 Å². The second-order valence-electron chi connectivity index (χ2n) is 10.0. The first-order chi connectivity index (χ1) is 16.0. The van der Waals surface area contributed by atoms with Crippen molar-refractivity contribution >= 4 is 23.9 Å². The summed E-state index contributed by atoms with van der Waals surface area (Å²) in [6, 6.07) is -0.720. The van der Waals surface area contributed by atoms with Crippen LogP contribution in [-0.4, -0.2) is 78.1 Å². The molecular weight excluding hydrogens is 438 g/mol. The molecule has 1 N–H and O–H groups in total. The highest BCUT2D eigenvalue weighted by Crippen LogP contribution is 2.25. The van der Waals surface area contributed by atoms with Crippen LogP contribution in [0.4, 0.5) is 4.79 Å². The van der Waals surface area contributed by atoms with Gasteiger partial charge < -0.3 is 24.6 Å². The molecule has 0 aromatic rings. The molecule has 0 aromatic carbocycles. The summed E-state index contributed by atoms with van der Waals surface area (Å²) < 4.78 is 10.3. The normalized spacial score (nSPS) is 19.8. The van der Waals surface area contributed by atoms with Crippen molar-refractivity contribution < 1.29 is 28.7 Å². The highest BCUT2D eigenvalue weighted by Gasteiger charge is 2.33. The van der Waals surface area contributed by atoms with Gasteiger partial charge in [-0.25, -0.2) is 4.79 Å². The number of carbonyl (C=O) groups is 4. The zero-order valence-corrected chi connectivity index (χ0v) is 20.9. The summed E-state index contributed by atoms with van der Waals surface area (Å²) in [6.45, 7) is 9.70. The minimum absolute atomic E-state index is 0.0462. The number of esters is 1. The first-order valence-electron chi connectivity index (χ1n) is 12.2. The first-order valence-corrected chi connectivity index (χ1v) is 12.2. The molecule has 0 radical (unpaired) electrons. The number of ether oxygens (including phenoxy) is 2. The molecule has 34 heavy (non-hydrogen) atoms. The number of nitrogens with zero attached hydrogens (tertiary/aromatic N) is 2. The quantitative estimate of drug-likeness (QED) is 0.425. The van der Waals surface area contributed by atoms with E-state index in [-0.39, 0.29) is 36.9 Å². The van der Waals surface area contributed by atoms with Crippen LogP contribution in [0.5, 0.6) is 0 Å². The van der Waals surface area contributed by atoms with Crippen molar-refractivity contribution in [2.75, 3.05) is 32.8 Å². The van der Waals surface area contributed by atoms with Gasteiger partial charge in [0.15, 0.2) is 0 Å². The van der Waals surface area contributed by atoms with Crippen LogP contribution >= 0.6 is 0 Å². The maximum absolute atomic E-state index is 12.7. The summed E-state index contributed by atoms with van der Waals surface area (Å²) in [4.78, 5) is 52.5. The van der Waals surface area contributed by atoms with Crippen LogP contribution in [0.25, 0.3) is 0 Å². The minimum Gasteiger partial charge on any atom is -0.466 e. The molecule has 2 rings (SSSR count). The van der Waals surface area contributed by atoms with Gasteiger partial charge >= 0.3 is 12.1 Å². The van der Waals surface area contributed by atoms with Crippen LogP contribution in [0.15, 0.2) is 0 Å². The molecule has 0 spiro atoms. The maximum Gasteiger partial charge on any atom is 0.410 e. The lowest BCUT2D eigenvalue weighted by atomic mass is 9.92. The second-order valence-corrected chi connectivity index (χ2v) is 10.0. The van der Waals surface area contributed by atoms with Crippen LogP contribution in [0.2, 0.25) is 0 Å². The van der Waals surface area contributed by atoms with Gasteiger partial charge in [0.2, 0.25) is 11.8 Å². The number of nitrogens with one attached hydrogen (secondary N) is 1. The monoisotopic (exact) mass is 477 g/mol. The molecular formula is C25H39N3O6. The van der Waals surface area contributed by atoms with E-state index in [2.05, 4.69) is 11.2 Å². The summed E-state index contributed by atoms with van der Waals surface area (Å²) in [7, 11) is 0. The number of carbonyl (C=O) groups excluding carboxylic acids is 4. The van der Waals surface area contributed by atoms with Crippen molar-refractivity contribution in [3.63, 3.8) is 0 Å². The molecule has 2 aliphatic heterocycles. The number of hydrogen-bond acceptors (Lipinski definition) is 6. The SMILES string of the molecule is C#CC(CC(=O)OCC)NC(=O)C1CCN(C(=O)CCC2CCN(C(=O)OC(C)(C)C)CC2)C1. The zero-order chi connectivity index (χ0) is 25.3. The Hall–Kier alpha value is -2.76. The predicted molar refractivity (Wildman–Crippen MR) is 126 cm³/mol. The number of piperidine rings is 1. The van der Waals surface area contributed by atoms with Gasteiger partial charge in [0.25, 0.3) is 0 Å². The van der Waals surface area contributed by atoms with Crippen LogP contribution in [-0.2, 0) is 23.9 Å². The molecule has 0 aromatic heterocycles. The molecule has 2 aliphatic rings. The van der Waals surface area contributed by atoms with E-state index in [4.69, 9.17) is 15.9 Å². The van der Waals surface area contributed by atoms with Gasteiger partial charge in [0.05, 0.1) is 18.9 Å². The van der Waals surface area contributed by atoms with Gasteiger partial charge in [-0.1, -0.05) is 5.92 Å². The second kappa shape index (κ2) is 12.6. The fourth-order valence-electron chi connectivity index (χ4n) is 4.24. The lowest BCUT2D eigenvalue weighted by molar-refractivity contribution is -0.143. The van der Waals surface area contributed by atoms with Crippen molar-refractivity contribution in [1.82, 2.24) is 15.1 Å². The van der Waals surface area contributed by atoms with Crippen molar-refractivity contribution in [3.05, 3.63) is 0 Å². The Kier molecular flexibility index (Phi) is 10.2. The van der Waals surface area contributed by atoms with Gasteiger partial charge in [-0.05, 0) is 59.3 Å². The lowest BCUT2D eigenvalue weighted by Crippen LogP contribution is -2.42. The number of amides is 3. The Morgan fingerprint density at radius 1 is 1.09 bits per heavy atom. The predicted octanol–water partition coefficient (Wildman–Crippen LogP) is 2.33. The third-order valence-corrected chi connectivity index (χ3v) is 6.14.